The van der Waals surface area contributed by atoms with Gasteiger partial charge < -0.3 is 10.2 Å². The largest absolute Gasteiger partial charge is 0.354 e. The Kier molecular flexibility index (Phi) is 11.2. The molecule has 0 bridgehead atoms. The zero-order chi connectivity index (χ0) is 27.5. The number of nitro benzene ring substituents is 1. The van der Waals surface area contributed by atoms with Crippen molar-refractivity contribution < 1.29 is 14.5 Å². The van der Waals surface area contributed by atoms with Crippen molar-refractivity contribution in [2.24, 2.45) is 5.92 Å². The van der Waals surface area contributed by atoms with E-state index in [4.69, 9.17) is 11.6 Å². The van der Waals surface area contributed by atoms with E-state index in [1.54, 1.807) is 29.2 Å². The van der Waals surface area contributed by atoms with Crippen LogP contribution in [0.1, 0.15) is 30.5 Å². The van der Waals surface area contributed by atoms with E-state index in [1.807, 2.05) is 56.3 Å². The van der Waals surface area contributed by atoms with Crippen molar-refractivity contribution in [1.29, 1.82) is 0 Å². The molecule has 0 radical (unpaired) electrons. The van der Waals surface area contributed by atoms with Gasteiger partial charge in [-0.25, -0.2) is 0 Å². The van der Waals surface area contributed by atoms with Gasteiger partial charge in [-0.3, -0.25) is 19.7 Å². The standard InChI is InChI=1S/C29H32ClN3O4S/c1-21(2)17-31-29(35)27(16-22-6-4-3-5-7-22)32(18-23-8-12-25(30)13-9-23)28(34)20-38-19-24-10-14-26(15-11-24)33(36)37/h3-15,21,27H,16-20H2,1-2H3,(H,31,35)/t27-/m0/s1. The van der Waals surface area contributed by atoms with Gasteiger partial charge in [0.15, 0.2) is 0 Å². The van der Waals surface area contributed by atoms with E-state index < -0.39 is 11.0 Å². The van der Waals surface area contributed by atoms with Crippen LogP contribution < -0.4 is 5.32 Å². The first-order valence-corrected chi connectivity index (χ1v) is 13.9. The molecule has 7 nitrogen and oxygen atoms in total. The third-order valence-corrected chi connectivity index (χ3v) is 7.10. The summed E-state index contributed by atoms with van der Waals surface area (Å²) in [7, 11) is 0. The molecule has 1 atom stereocenters. The lowest BCUT2D eigenvalue weighted by Crippen LogP contribution is -2.51. The normalized spacial score (nSPS) is 11.7. The first kappa shape index (κ1) is 29.2. The second-order valence-corrected chi connectivity index (χ2v) is 10.8. The Hall–Kier alpha value is -3.36. The summed E-state index contributed by atoms with van der Waals surface area (Å²) in [6, 6.07) is 22.5. The number of nitrogens with zero attached hydrogens (tertiary/aromatic N) is 2. The molecule has 0 aromatic heterocycles. The van der Waals surface area contributed by atoms with Gasteiger partial charge >= 0.3 is 0 Å². The van der Waals surface area contributed by atoms with Gasteiger partial charge in [0.2, 0.25) is 11.8 Å². The van der Waals surface area contributed by atoms with E-state index in [2.05, 4.69) is 5.32 Å². The van der Waals surface area contributed by atoms with E-state index in [-0.39, 0.29) is 35.7 Å². The predicted octanol–water partition coefficient (Wildman–Crippen LogP) is 5.89. The quantitative estimate of drug-likeness (QED) is 0.210. The summed E-state index contributed by atoms with van der Waals surface area (Å²) in [5.41, 5.74) is 2.75. The number of benzene rings is 3. The van der Waals surface area contributed by atoms with Crippen molar-refractivity contribution >= 4 is 40.9 Å². The van der Waals surface area contributed by atoms with Crippen LogP contribution in [0.3, 0.4) is 0 Å². The van der Waals surface area contributed by atoms with Crippen molar-refractivity contribution in [3.05, 3.63) is 111 Å². The smallest absolute Gasteiger partial charge is 0.269 e. The number of nitro groups is 1. The molecule has 200 valence electrons. The third-order valence-electron chi connectivity index (χ3n) is 5.86. The molecule has 0 heterocycles. The van der Waals surface area contributed by atoms with Gasteiger partial charge in [-0.15, -0.1) is 11.8 Å². The van der Waals surface area contributed by atoms with E-state index in [1.165, 1.54) is 23.9 Å². The Bertz CT molecular complexity index is 1200. The van der Waals surface area contributed by atoms with E-state index in [9.17, 15) is 19.7 Å². The van der Waals surface area contributed by atoms with Crippen LogP contribution in [0.25, 0.3) is 0 Å². The number of non-ortho nitro benzene ring substituents is 1. The summed E-state index contributed by atoms with van der Waals surface area (Å²) in [4.78, 5) is 39.2. The molecular weight excluding hydrogens is 522 g/mol. The summed E-state index contributed by atoms with van der Waals surface area (Å²) in [5, 5.41) is 14.5. The zero-order valence-electron chi connectivity index (χ0n) is 21.5. The lowest BCUT2D eigenvalue weighted by Gasteiger charge is -2.32. The van der Waals surface area contributed by atoms with Crippen LogP contribution >= 0.6 is 23.4 Å². The highest BCUT2D eigenvalue weighted by Gasteiger charge is 2.30. The molecule has 1 N–H and O–H groups in total. The minimum Gasteiger partial charge on any atom is -0.354 e. The number of hydrogen-bond donors (Lipinski definition) is 1. The number of carbonyl (C=O) groups excluding carboxylic acids is 2. The first-order chi connectivity index (χ1) is 18.2. The molecule has 38 heavy (non-hydrogen) atoms. The molecule has 0 aliphatic heterocycles. The number of thioether (sulfide) groups is 1. The van der Waals surface area contributed by atoms with Gasteiger partial charge in [0.05, 0.1) is 10.7 Å². The third kappa shape index (κ3) is 9.19. The maximum atomic E-state index is 13.6. The number of halogens is 1. The van der Waals surface area contributed by atoms with Crippen molar-refractivity contribution in [2.45, 2.75) is 38.6 Å². The molecule has 0 saturated carbocycles. The van der Waals surface area contributed by atoms with Crippen LogP contribution in [-0.4, -0.2) is 40.0 Å². The van der Waals surface area contributed by atoms with E-state index >= 15 is 0 Å². The van der Waals surface area contributed by atoms with Gasteiger partial charge in [-0.1, -0.05) is 80.0 Å². The number of nitrogens with one attached hydrogen (secondary N) is 1. The fraction of sp³-hybridized carbons (Fsp3) is 0.310. The maximum Gasteiger partial charge on any atom is 0.269 e. The van der Waals surface area contributed by atoms with Crippen molar-refractivity contribution in [3.8, 4) is 0 Å². The Morgan fingerprint density at radius 1 is 0.947 bits per heavy atom. The lowest BCUT2D eigenvalue weighted by atomic mass is 10.0. The molecule has 3 aromatic carbocycles. The summed E-state index contributed by atoms with van der Waals surface area (Å²) in [6.07, 6.45) is 0.386. The monoisotopic (exact) mass is 553 g/mol. The van der Waals surface area contributed by atoms with Crippen LogP contribution in [0.2, 0.25) is 5.02 Å². The Labute approximate surface area is 232 Å². The fourth-order valence-corrected chi connectivity index (χ4v) is 4.81. The molecule has 0 aliphatic carbocycles. The number of hydrogen-bond acceptors (Lipinski definition) is 5. The summed E-state index contributed by atoms with van der Waals surface area (Å²) < 4.78 is 0. The molecule has 9 heteroatoms. The van der Waals surface area contributed by atoms with Gasteiger partial charge in [0.25, 0.3) is 5.69 Å². The minimum absolute atomic E-state index is 0.0279. The van der Waals surface area contributed by atoms with Crippen molar-refractivity contribution in [3.63, 3.8) is 0 Å². The maximum absolute atomic E-state index is 13.6. The van der Waals surface area contributed by atoms with Gasteiger partial charge in [-0.2, -0.15) is 0 Å². The lowest BCUT2D eigenvalue weighted by molar-refractivity contribution is -0.384. The summed E-state index contributed by atoms with van der Waals surface area (Å²) in [6.45, 7) is 4.83. The summed E-state index contributed by atoms with van der Waals surface area (Å²) >= 11 is 7.48. The van der Waals surface area contributed by atoms with E-state index in [0.717, 1.165) is 16.7 Å². The topological polar surface area (TPSA) is 92.6 Å². The van der Waals surface area contributed by atoms with E-state index in [0.29, 0.717) is 23.7 Å². The fourth-order valence-electron chi connectivity index (χ4n) is 3.82. The van der Waals surface area contributed by atoms with Crippen LogP contribution in [-0.2, 0) is 28.3 Å². The average molecular weight is 554 g/mol. The Morgan fingerprint density at radius 3 is 2.18 bits per heavy atom. The van der Waals surface area contributed by atoms with Crippen LogP contribution in [0.4, 0.5) is 5.69 Å². The summed E-state index contributed by atoms with van der Waals surface area (Å²) in [5.74, 6) is 0.598. The number of rotatable bonds is 13. The van der Waals surface area contributed by atoms with Crippen LogP contribution in [0, 0.1) is 16.0 Å². The van der Waals surface area contributed by atoms with Crippen molar-refractivity contribution in [2.75, 3.05) is 12.3 Å². The molecule has 3 aromatic rings. The molecule has 0 fully saturated rings. The van der Waals surface area contributed by atoms with Gasteiger partial charge in [0.1, 0.15) is 6.04 Å². The van der Waals surface area contributed by atoms with Crippen LogP contribution in [0.5, 0.6) is 0 Å². The van der Waals surface area contributed by atoms with Crippen LogP contribution in [0.15, 0.2) is 78.9 Å². The molecule has 0 aliphatic rings. The Balaban J connectivity index is 1.81. The molecule has 3 rings (SSSR count). The highest BCUT2D eigenvalue weighted by atomic mass is 35.5. The molecule has 0 spiro atoms. The highest BCUT2D eigenvalue weighted by Crippen LogP contribution is 2.21. The predicted molar refractivity (Wildman–Crippen MR) is 153 cm³/mol. The highest BCUT2D eigenvalue weighted by molar-refractivity contribution is 7.99. The molecule has 0 unspecified atom stereocenters. The van der Waals surface area contributed by atoms with Crippen molar-refractivity contribution in [1.82, 2.24) is 10.2 Å². The molecular formula is C29H32ClN3O4S. The van der Waals surface area contributed by atoms with Gasteiger partial charge in [-0.05, 0) is 34.7 Å². The number of amides is 2. The molecule has 0 saturated heterocycles. The first-order valence-electron chi connectivity index (χ1n) is 12.4. The average Bonchev–Trinajstić information content (AvgIpc) is 2.91. The SMILES string of the molecule is CC(C)CNC(=O)[C@H](Cc1ccccc1)N(Cc1ccc(Cl)cc1)C(=O)CSCc1ccc([N+](=O)[O-])cc1. The van der Waals surface area contributed by atoms with Gasteiger partial charge in [0, 0.05) is 42.4 Å². The second-order valence-electron chi connectivity index (χ2n) is 9.41. The Morgan fingerprint density at radius 2 is 1.58 bits per heavy atom. The molecule has 2 amide bonds. The minimum atomic E-state index is -0.695. The number of carbonyl (C=O) groups is 2. The second kappa shape index (κ2) is 14.5. The zero-order valence-corrected chi connectivity index (χ0v) is 23.1.